The highest BCUT2D eigenvalue weighted by Gasteiger charge is 2.16. The van der Waals surface area contributed by atoms with Crippen LogP contribution in [0.2, 0.25) is 5.02 Å². The largest absolute Gasteiger partial charge is 0.395 e. The second-order valence-corrected chi connectivity index (χ2v) is 10.8. The fraction of sp³-hybridized carbons (Fsp3) is 0.323. The van der Waals surface area contributed by atoms with E-state index in [1.807, 2.05) is 24.3 Å². The van der Waals surface area contributed by atoms with Gasteiger partial charge in [0.2, 0.25) is 0 Å². The number of rotatable bonds is 14. The Hall–Kier alpha value is -3.83. The molecule has 0 amide bonds. The molecule has 7 N–H and O–H groups in total. The van der Waals surface area contributed by atoms with E-state index in [2.05, 4.69) is 26.9 Å². The number of H-pyrrole nitrogens is 1. The van der Waals surface area contributed by atoms with Crippen molar-refractivity contribution >= 4 is 28.5 Å². The molecule has 2 aromatic heterocycles. The van der Waals surface area contributed by atoms with Crippen molar-refractivity contribution < 1.29 is 9.50 Å². The summed E-state index contributed by atoms with van der Waals surface area (Å²) in [6.07, 6.45) is 6.31. The molecule has 4 rings (SSSR count). The van der Waals surface area contributed by atoms with E-state index in [-0.39, 0.29) is 23.7 Å². The van der Waals surface area contributed by atoms with Gasteiger partial charge in [-0.1, -0.05) is 29.8 Å². The van der Waals surface area contributed by atoms with Gasteiger partial charge in [0.15, 0.2) is 5.82 Å². The summed E-state index contributed by atoms with van der Waals surface area (Å²) in [5, 5.41) is 13.6. The number of aliphatic hydroxyl groups is 1. The lowest BCUT2D eigenvalue weighted by Crippen LogP contribution is -2.32. The number of halogens is 2. The van der Waals surface area contributed by atoms with Crippen LogP contribution in [0, 0.1) is 5.82 Å². The van der Waals surface area contributed by atoms with Gasteiger partial charge >= 0.3 is 5.69 Å². The molecule has 0 radical (unpaired) electrons. The van der Waals surface area contributed by atoms with Crippen LogP contribution in [0.1, 0.15) is 37.3 Å². The first-order chi connectivity index (χ1) is 20.2. The van der Waals surface area contributed by atoms with Gasteiger partial charge in [-0.15, -0.1) is 6.58 Å². The Morgan fingerprint density at radius 3 is 2.71 bits per heavy atom. The number of amidine groups is 1. The first-order valence-corrected chi connectivity index (χ1v) is 14.2. The van der Waals surface area contributed by atoms with Crippen LogP contribution < -0.4 is 22.5 Å². The Balaban J connectivity index is 1.51. The van der Waals surface area contributed by atoms with E-state index >= 15 is 4.39 Å². The van der Waals surface area contributed by atoms with Gasteiger partial charge in [-0.2, -0.15) is 4.98 Å². The fourth-order valence-corrected chi connectivity index (χ4v) is 4.90. The summed E-state index contributed by atoms with van der Waals surface area (Å²) in [4.78, 5) is 24.3. The number of fused-ring (bicyclic) bond motifs is 1. The Labute approximate surface area is 249 Å². The molecular formula is C31H37ClFN7O2. The predicted molar refractivity (Wildman–Crippen MR) is 168 cm³/mol. The fourth-order valence-electron chi connectivity index (χ4n) is 4.66. The zero-order valence-corrected chi connectivity index (χ0v) is 24.4. The molecule has 0 fully saturated rings. The van der Waals surface area contributed by atoms with Crippen molar-refractivity contribution in [2.24, 2.45) is 16.5 Å². The summed E-state index contributed by atoms with van der Waals surface area (Å²) in [5.74, 6) is -0.0249. The zero-order chi connectivity index (χ0) is 30.2. The summed E-state index contributed by atoms with van der Waals surface area (Å²) >= 11 is 6.24. The number of hydrogen-bond acceptors (Lipinski definition) is 6. The highest BCUT2D eigenvalue weighted by molar-refractivity contribution is 6.31. The van der Waals surface area contributed by atoms with E-state index in [4.69, 9.17) is 23.1 Å². The van der Waals surface area contributed by atoms with Crippen LogP contribution in [0.25, 0.3) is 28.0 Å². The van der Waals surface area contributed by atoms with Gasteiger partial charge in [0.05, 0.1) is 28.8 Å². The standard InChI is InChI=1S/C31H37ClFN7O2/c1-3-23(35)6-4-5-21-13-26(29(33)27(32)14-21)28-15-22-17-40(31(42)39-30(22)38-28)25-9-7-20(8-10-25)16-37-24(18-41)11-12-36-19(2)34/h3,7-10,13-15,17,23-24,37,41H,1,4-6,11-12,16,18,35H2,2H3,(H2,34,36)(H,38,39,42)/t23-,24+/m0/s1. The van der Waals surface area contributed by atoms with Crippen LogP contribution in [0.15, 0.2) is 71.1 Å². The van der Waals surface area contributed by atoms with Crippen LogP contribution in [0.4, 0.5) is 4.39 Å². The predicted octanol–water partition coefficient (Wildman–Crippen LogP) is 4.23. The SMILES string of the molecule is C=C[C@H](N)CCCc1cc(Cl)c(F)c(-c2cc3cn(-c4ccc(CN[C@@H](CO)CCN=C(C)N)cc4)c(=O)nc3[nH]2)c1. The smallest absolute Gasteiger partial charge is 0.354 e. The molecule has 0 bridgehead atoms. The summed E-state index contributed by atoms with van der Waals surface area (Å²) < 4.78 is 16.5. The molecule has 11 heteroatoms. The van der Waals surface area contributed by atoms with Gasteiger partial charge in [-0.3, -0.25) is 9.56 Å². The molecule has 0 unspecified atom stereocenters. The number of aliphatic imine (C=N–C) groups is 1. The average Bonchev–Trinajstić information content (AvgIpc) is 3.38. The van der Waals surface area contributed by atoms with Crippen LogP contribution in [-0.2, 0) is 13.0 Å². The molecule has 0 spiro atoms. The maximum Gasteiger partial charge on any atom is 0.354 e. The molecule has 0 aliphatic rings. The molecule has 2 heterocycles. The van der Waals surface area contributed by atoms with E-state index in [9.17, 15) is 9.90 Å². The van der Waals surface area contributed by atoms with E-state index in [0.29, 0.717) is 59.7 Å². The third-order valence-electron chi connectivity index (χ3n) is 7.06. The van der Waals surface area contributed by atoms with Gasteiger partial charge in [-0.05, 0) is 74.1 Å². The first kappa shape index (κ1) is 31.1. The zero-order valence-electron chi connectivity index (χ0n) is 23.6. The summed E-state index contributed by atoms with van der Waals surface area (Å²) in [6.45, 7) is 6.50. The second kappa shape index (κ2) is 14.4. The number of nitrogens with one attached hydrogen (secondary N) is 2. The molecule has 9 nitrogen and oxygen atoms in total. The van der Waals surface area contributed by atoms with Gasteiger partial charge in [0, 0.05) is 42.3 Å². The van der Waals surface area contributed by atoms with Crippen molar-refractivity contribution in [2.75, 3.05) is 13.2 Å². The highest BCUT2D eigenvalue weighted by atomic mass is 35.5. The summed E-state index contributed by atoms with van der Waals surface area (Å²) in [5.41, 5.74) is 14.7. The molecule has 2 atom stereocenters. The number of aromatic amines is 1. The molecule has 0 saturated heterocycles. The maximum atomic E-state index is 15.1. The second-order valence-electron chi connectivity index (χ2n) is 10.4. The normalized spacial score (nSPS) is 13.4. The lowest BCUT2D eigenvalue weighted by atomic mass is 10.0. The Kier molecular flexibility index (Phi) is 10.6. The monoisotopic (exact) mass is 593 g/mol. The average molecular weight is 594 g/mol. The Morgan fingerprint density at radius 1 is 1.26 bits per heavy atom. The molecule has 0 saturated carbocycles. The molecule has 42 heavy (non-hydrogen) atoms. The van der Waals surface area contributed by atoms with Crippen LogP contribution in [0.5, 0.6) is 0 Å². The third kappa shape index (κ3) is 7.92. The topological polar surface area (TPSA) is 147 Å². The molecule has 0 aliphatic heterocycles. The maximum absolute atomic E-state index is 15.1. The Bertz CT molecular complexity index is 1610. The van der Waals surface area contributed by atoms with Gasteiger partial charge < -0.3 is 26.9 Å². The van der Waals surface area contributed by atoms with Crippen LogP contribution in [-0.4, -0.2) is 50.7 Å². The number of aromatic nitrogens is 3. The van der Waals surface area contributed by atoms with Crippen molar-refractivity contribution in [2.45, 2.75) is 51.2 Å². The van der Waals surface area contributed by atoms with Crippen molar-refractivity contribution in [1.82, 2.24) is 19.9 Å². The van der Waals surface area contributed by atoms with E-state index in [1.165, 1.54) is 4.57 Å². The lowest BCUT2D eigenvalue weighted by Gasteiger charge is -2.15. The minimum absolute atomic E-state index is 0.0121. The number of benzene rings is 2. The number of nitrogens with zero attached hydrogens (tertiary/aromatic N) is 3. The summed E-state index contributed by atoms with van der Waals surface area (Å²) in [6, 6.07) is 12.4. The van der Waals surface area contributed by atoms with Crippen molar-refractivity contribution in [3.8, 4) is 16.9 Å². The number of hydrogen-bond donors (Lipinski definition) is 5. The van der Waals surface area contributed by atoms with Gasteiger partial charge in [0.1, 0.15) is 5.65 Å². The first-order valence-electron chi connectivity index (χ1n) is 13.9. The third-order valence-corrected chi connectivity index (χ3v) is 7.34. The molecule has 2 aromatic carbocycles. The van der Waals surface area contributed by atoms with E-state index < -0.39 is 11.5 Å². The number of aryl methyl sites for hydroxylation is 1. The van der Waals surface area contributed by atoms with E-state index in [0.717, 1.165) is 24.0 Å². The minimum atomic E-state index is -0.542. The Morgan fingerprint density at radius 2 is 2.02 bits per heavy atom. The van der Waals surface area contributed by atoms with Crippen molar-refractivity contribution in [3.63, 3.8) is 0 Å². The van der Waals surface area contributed by atoms with Crippen LogP contribution in [0.3, 0.4) is 0 Å². The van der Waals surface area contributed by atoms with Gasteiger partial charge in [-0.25, -0.2) is 9.18 Å². The van der Waals surface area contributed by atoms with E-state index in [1.54, 1.807) is 37.4 Å². The molecule has 0 aliphatic carbocycles. The summed E-state index contributed by atoms with van der Waals surface area (Å²) in [7, 11) is 0. The van der Waals surface area contributed by atoms with Crippen LogP contribution >= 0.6 is 11.6 Å². The number of aliphatic hydroxyl groups excluding tert-OH is 1. The molecule has 222 valence electrons. The lowest BCUT2D eigenvalue weighted by molar-refractivity contribution is 0.236. The number of nitrogens with two attached hydrogens (primary N) is 2. The highest BCUT2D eigenvalue weighted by Crippen LogP contribution is 2.31. The van der Waals surface area contributed by atoms with Crippen molar-refractivity contribution in [3.05, 3.63) is 93.8 Å². The minimum Gasteiger partial charge on any atom is -0.395 e. The molecule has 4 aromatic rings. The molecular weight excluding hydrogens is 557 g/mol. The quantitative estimate of drug-likeness (QED) is 0.0840. The van der Waals surface area contributed by atoms with Gasteiger partial charge in [0.25, 0.3) is 0 Å². The van der Waals surface area contributed by atoms with Crippen molar-refractivity contribution in [1.29, 1.82) is 0 Å².